The molecule has 22 heavy (non-hydrogen) atoms. The lowest BCUT2D eigenvalue weighted by atomic mass is 9.87. The van der Waals surface area contributed by atoms with Crippen molar-refractivity contribution in [1.29, 1.82) is 0 Å². The lowest BCUT2D eigenvalue weighted by molar-refractivity contribution is -0.120. The van der Waals surface area contributed by atoms with Gasteiger partial charge < -0.3 is 5.32 Å². The van der Waals surface area contributed by atoms with Crippen molar-refractivity contribution in [3.63, 3.8) is 0 Å². The lowest BCUT2D eigenvalue weighted by Gasteiger charge is -2.19. The van der Waals surface area contributed by atoms with Gasteiger partial charge in [-0.3, -0.25) is 4.79 Å². The average Bonchev–Trinajstić information content (AvgIpc) is 2.42. The number of nitrogens with one attached hydrogen (secondary N) is 2. The van der Waals surface area contributed by atoms with Crippen LogP contribution in [0, 0.1) is 5.92 Å². The summed E-state index contributed by atoms with van der Waals surface area (Å²) in [7, 11) is -3.67. The molecule has 6 heteroatoms. The van der Waals surface area contributed by atoms with Crippen LogP contribution in [0.4, 0.5) is 0 Å². The highest BCUT2D eigenvalue weighted by Crippen LogP contribution is 2.23. The van der Waals surface area contributed by atoms with E-state index >= 15 is 0 Å². The summed E-state index contributed by atoms with van der Waals surface area (Å²) in [4.78, 5) is 11.7. The Balaban J connectivity index is 2.69. The van der Waals surface area contributed by atoms with Crippen molar-refractivity contribution in [3.05, 3.63) is 29.8 Å². The number of carbonyl (C=O) groups excluding carboxylic acids is 1. The quantitative estimate of drug-likeness (QED) is 0.840. The molecule has 1 amide bonds. The summed E-state index contributed by atoms with van der Waals surface area (Å²) >= 11 is 0. The van der Waals surface area contributed by atoms with E-state index in [2.05, 4.69) is 30.8 Å². The Morgan fingerprint density at radius 2 is 1.68 bits per heavy atom. The predicted octanol–water partition coefficient (Wildman–Crippen LogP) is 2.03. The zero-order valence-electron chi connectivity index (χ0n) is 13.9. The molecule has 1 rings (SSSR count). The van der Waals surface area contributed by atoms with Gasteiger partial charge in [-0.25, -0.2) is 13.1 Å². The second kappa shape index (κ2) is 7.24. The number of sulfonamides is 1. The lowest BCUT2D eigenvalue weighted by Crippen LogP contribution is -2.38. The van der Waals surface area contributed by atoms with Gasteiger partial charge in [-0.05, 0) is 29.0 Å². The molecule has 0 spiro atoms. The Morgan fingerprint density at radius 1 is 1.14 bits per heavy atom. The molecule has 0 saturated heterocycles. The number of hydrogen-bond acceptors (Lipinski definition) is 3. The third kappa shape index (κ3) is 5.77. The van der Waals surface area contributed by atoms with Crippen LogP contribution in [0.25, 0.3) is 0 Å². The van der Waals surface area contributed by atoms with E-state index in [0.717, 1.165) is 5.56 Å². The number of benzene rings is 1. The summed E-state index contributed by atoms with van der Waals surface area (Å²) in [6.07, 6.45) is 0. The summed E-state index contributed by atoms with van der Waals surface area (Å²) in [6.45, 7) is 10.4. The first-order valence-electron chi connectivity index (χ1n) is 7.39. The van der Waals surface area contributed by atoms with Crippen molar-refractivity contribution >= 4 is 15.9 Å². The fourth-order valence-corrected chi connectivity index (χ4v) is 2.74. The van der Waals surface area contributed by atoms with E-state index < -0.39 is 10.0 Å². The molecule has 1 aromatic carbocycles. The average molecular weight is 326 g/mol. The van der Waals surface area contributed by atoms with Crippen LogP contribution in [0.5, 0.6) is 0 Å². The highest BCUT2D eigenvalue weighted by atomic mass is 32.2. The van der Waals surface area contributed by atoms with Gasteiger partial charge in [0, 0.05) is 6.54 Å². The minimum absolute atomic E-state index is 0.0353. The molecule has 0 saturated carbocycles. The Labute approximate surface area is 133 Å². The minimum atomic E-state index is -3.67. The number of amides is 1. The number of hydrogen-bond donors (Lipinski definition) is 2. The fourth-order valence-electron chi connectivity index (χ4n) is 1.76. The van der Waals surface area contributed by atoms with Crippen LogP contribution in [0.3, 0.4) is 0 Å². The molecule has 1 aromatic rings. The topological polar surface area (TPSA) is 75.3 Å². The highest BCUT2D eigenvalue weighted by Gasteiger charge is 2.18. The van der Waals surface area contributed by atoms with Crippen LogP contribution in [0.15, 0.2) is 29.2 Å². The molecule has 0 bridgehead atoms. The maximum absolute atomic E-state index is 12.1. The van der Waals surface area contributed by atoms with Gasteiger partial charge >= 0.3 is 0 Å². The van der Waals surface area contributed by atoms with Gasteiger partial charge in [0.05, 0.1) is 11.4 Å². The van der Waals surface area contributed by atoms with Gasteiger partial charge in [-0.2, -0.15) is 0 Å². The second-order valence-electron chi connectivity index (χ2n) is 6.80. The Hall–Kier alpha value is -1.40. The molecule has 0 fully saturated rings. The molecule has 0 aliphatic rings. The summed E-state index contributed by atoms with van der Waals surface area (Å²) in [6, 6.07) is 6.73. The molecule has 2 N–H and O–H groups in total. The maximum Gasteiger partial charge on any atom is 0.241 e. The van der Waals surface area contributed by atoms with E-state index in [-0.39, 0.29) is 22.8 Å². The van der Waals surface area contributed by atoms with Crippen LogP contribution in [0.2, 0.25) is 0 Å². The van der Waals surface area contributed by atoms with Gasteiger partial charge in [0.15, 0.2) is 0 Å². The molecule has 0 radical (unpaired) electrons. The van der Waals surface area contributed by atoms with Gasteiger partial charge in [0.2, 0.25) is 15.9 Å². The van der Waals surface area contributed by atoms with Crippen molar-refractivity contribution in [1.82, 2.24) is 10.0 Å². The van der Waals surface area contributed by atoms with Crippen LogP contribution in [-0.4, -0.2) is 27.4 Å². The maximum atomic E-state index is 12.1. The van der Waals surface area contributed by atoms with Crippen LogP contribution >= 0.6 is 0 Å². The van der Waals surface area contributed by atoms with Gasteiger partial charge in [-0.15, -0.1) is 0 Å². The number of carbonyl (C=O) groups is 1. The van der Waals surface area contributed by atoms with Crippen molar-refractivity contribution < 1.29 is 13.2 Å². The van der Waals surface area contributed by atoms with Crippen LogP contribution < -0.4 is 10.0 Å². The monoisotopic (exact) mass is 326 g/mol. The van der Waals surface area contributed by atoms with Crippen LogP contribution in [0.1, 0.15) is 40.2 Å². The van der Waals surface area contributed by atoms with E-state index in [1.165, 1.54) is 0 Å². The van der Waals surface area contributed by atoms with Crippen LogP contribution in [-0.2, 0) is 20.2 Å². The highest BCUT2D eigenvalue weighted by molar-refractivity contribution is 7.89. The summed E-state index contributed by atoms with van der Waals surface area (Å²) in [5.74, 6) is -0.00548. The molecule has 0 heterocycles. The van der Waals surface area contributed by atoms with E-state index in [1.54, 1.807) is 24.3 Å². The van der Waals surface area contributed by atoms with Crippen molar-refractivity contribution in [2.75, 3.05) is 13.1 Å². The van der Waals surface area contributed by atoms with E-state index in [9.17, 15) is 13.2 Å². The van der Waals surface area contributed by atoms with E-state index in [1.807, 2.05) is 13.8 Å². The summed E-state index contributed by atoms with van der Waals surface area (Å²) in [5.41, 5.74) is 1.02. The largest absolute Gasteiger partial charge is 0.355 e. The molecule has 0 aliphatic carbocycles. The predicted molar refractivity (Wildman–Crippen MR) is 88.2 cm³/mol. The third-order valence-electron chi connectivity index (χ3n) is 3.16. The Kier molecular flexibility index (Phi) is 6.14. The first kappa shape index (κ1) is 18.6. The zero-order valence-corrected chi connectivity index (χ0v) is 14.8. The van der Waals surface area contributed by atoms with E-state index in [4.69, 9.17) is 0 Å². The van der Waals surface area contributed by atoms with E-state index in [0.29, 0.717) is 12.5 Å². The first-order chi connectivity index (χ1) is 10.0. The molecular weight excluding hydrogens is 300 g/mol. The summed E-state index contributed by atoms with van der Waals surface area (Å²) in [5, 5.41) is 2.67. The van der Waals surface area contributed by atoms with Crippen molar-refractivity contribution in [3.8, 4) is 0 Å². The molecule has 0 aromatic heterocycles. The van der Waals surface area contributed by atoms with Gasteiger partial charge in [0.1, 0.15) is 0 Å². The molecule has 0 unspecified atom stereocenters. The van der Waals surface area contributed by atoms with Crippen molar-refractivity contribution in [2.45, 2.75) is 44.9 Å². The van der Waals surface area contributed by atoms with Gasteiger partial charge in [0.25, 0.3) is 0 Å². The minimum Gasteiger partial charge on any atom is -0.355 e. The third-order valence-corrected chi connectivity index (χ3v) is 4.58. The summed E-state index contributed by atoms with van der Waals surface area (Å²) < 4.78 is 26.6. The Bertz CT molecular complexity index is 599. The smallest absolute Gasteiger partial charge is 0.241 e. The molecule has 5 nitrogen and oxygen atoms in total. The standard InChI is InChI=1S/C16H26N2O3S/c1-12(2)10-17-15(19)11-18-22(20,21)14-8-6-13(7-9-14)16(3,4)5/h6-9,12,18H,10-11H2,1-5H3,(H,17,19). The zero-order chi connectivity index (χ0) is 17.0. The van der Waals surface area contributed by atoms with Gasteiger partial charge in [-0.1, -0.05) is 46.8 Å². The normalized spacial score (nSPS) is 12.5. The van der Waals surface area contributed by atoms with Crippen molar-refractivity contribution in [2.24, 2.45) is 5.92 Å². The first-order valence-corrected chi connectivity index (χ1v) is 8.87. The number of rotatable bonds is 6. The fraction of sp³-hybridized carbons (Fsp3) is 0.562. The SMILES string of the molecule is CC(C)CNC(=O)CNS(=O)(=O)c1ccc(C(C)(C)C)cc1. The Morgan fingerprint density at radius 3 is 2.14 bits per heavy atom. The second-order valence-corrected chi connectivity index (χ2v) is 8.56. The molecule has 0 aliphatic heterocycles. The molecular formula is C16H26N2O3S. The molecule has 124 valence electrons. The molecule has 0 atom stereocenters.